The van der Waals surface area contributed by atoms with Crippen LogP contribution in [0.1, 0.15) is 12.8 Å². The van der Waals surface area contributed by atoms with Crippen LogP contribution in [-0.2, 0) is 14.4 Å². The summed E-state index contributed by atoms with van der Waals surface area (Å²) in [6, 6.07) is -0.888. The van der Waals surface area contributed by atoms with Crippen molar-refractivity contribution in [2.45, 2.75) is 18.9 Å². The third-order valence-electron chi connectivity index (χ3n) is 3.19. The molecule has 5 nitrogen and oxygen atoms in total. The number of carbonyl (C=O) groups is 3. The molecule has 6 heteroatoms. The Morgan fingerprint density at radius 1 is 1.37 bits per heavy atom. The van der Waals surface area contributed by atoms with Gasteiger partial charge in [0.1, 0.15) is 11.9 Å². The zero-order valence-corrected chi connectivity index (χ0v) is 10.2. The van der Waals surface area contributed by atoms with Crippen molar-refractivity contribution in [2.75, 3.05) is 6.54 Å². The van der Waals surface area contributed by atoms with Crippen molar-refractivity contribution in [3.8, 4) is 0 Å². The first-order chi connectivity index (χ1) is 8.99. The van der Waals surface area contributed by atoms with Crippen LogP contribution in [0.25, 0.3) is 0 Å². The minimum Gasteiger partial charge on any atom is -0.354 e. The summed E-state index contributed by atoms with van der Waals surface area (Å²) in [4.78, 5) is 36.7. The zero-order valence-electron chi connectivity index (χ0n) is 10.2. The predicted octanol–water partition coefficient (Wildman–Crippen LogP) is 0.600. The fourth-order valence-electron chi connectivity index (χ4n) is 2.30. The van der Waals surface area contributed by atoms with E-state index < -0.39 is 35.2 Å². The van der Waals surface area contributed by atoms with Gasteiger partial charge in [-0.25, -0.2) is 4.39 Å². The maximum absolute atomic E-state index is 13.3. The molecule has 100 valence electrons. The van der Waals surface area contributed by atoms with Crippen LogP contribution in [0.3, 0.4) is 0 Å². The Morgan fingerprint density at radius 3 is 2.53 bits per heavy atom. The Bertz CT molecular complexity index is 536. The fourth-order valence-corrected chi connectivity index (χ4v) is 2.30. The van der Waals surface area contributed by atoms with Crippen LogP contribution >= 0.6 is 0 Å². The summed E-state index contributed by atoms with van der Waals surface area (Å²) >= 11 is 0. The SMILES string of the molecule is C=CC1=C(C(=C)F)C(=O)N(C2CCCNC2=O)C1=O. The molecule has 2 heterocycles. The summed E-state index contributed by atoms with van der Waals surface area (Å²) in [5.41, 5.74) is -0.547. The number of amides is 3. The molecule has 2 aliphatic rings. The molecule has 0 aromatic heterocycles. The van der Waals surface area contributed by atoms with E-state index >= 15 is 0 Å². The Kier molecular flexibility index (Phi) is 3.33. The van der Waals surface area contributed by atoms with Gasteiger partial charge in [-0.2, -0.15) is 0 Å². The van der Waals surface area contributed by atoms with Gasteiger partial charge in [-0.3, -0.25) is 19.3 Å². The molecule has 3 amide bonds. The molecule has 0 radical (unpaired) electrons. The lowest BCUT2D eigenvalue weighted by molar-refractivity contribution is -0.147. The minimum absolute atomic E-state index is 0.143. The average Bonchev–Trinajstić information content (AvgIpc) is 2.61. The summed E-state index contributed by atoms with van der Waals surface area (Å²) in [5, 5.41) is 2.58. The molecule has 2 rings (SSSR count). The molecule has 1 saturated heterocycles. The van der Waals surface area contributed by atoms with Crippen LogP contribution in [0, 0.1) is 0 Å². The van der Waals surface area contributed by atoms with E-state index in [0.717, 1.165) is 11.0 Å². The lowest BCUT2D eigenvalue weighted by Crippen LogP contribution is -2.53. The number of hydrogen-bond acceptors (Lipinski definition) is 3. The van der Waals surface area contributed by atoms with Crippen molar-refractivity contribution in [1.82, 2.24) is 10.2 Å². The van der Waals surface area contributed by atoms with Gasteiger partial charge in [0.15, 0.2) is 0 Å². The van der Waals surface area contributed by atoms with Gasteiger partial charge < -0.3 is 5.32 Å². The molecule has 2 aliphatic heterocycles. The number of carbonyl (C=O) groups excluding carboxylic acids is 3. The van der Waals surface area contributed by atoms with Crippen LogP contribution < -0.4 is 5.32 Å². The molecule has 1 atom stereocenters. The first kappa shape index (κ1) is 13.2. The standard InChI is InChI=1S/C13H13FN2O3/c1-3-8-10(7(2)14)13(19)16(12(8)18)9-5-4-6-15-11(9)17/h3,9H,1-2,4-6H2,(H,15,17). The summed E-state index contributed by atoms with van der Waals surface area (Å²) in [5.74, 6) is -2.92. The fraction of sp³-hybridized carbons (Fsp3) is 0.308. The summed E-state index contributed by atoms with van der Waals surface area (Å²) < 4.78 is 13.3. The summed E-state index contributed by atoms with van der Waals surface area (Å²) in [6.45, 7) is 6.95. The Morgan fingerprint density at radius 2 is 2.05 bits per heavy atom. The van der Waals surface area contributed by atoms with Crippen molar-refractivity contribution >= 4 is 17.7 Å². The molecule has 0 bridgehead atoms. The molecular weight excluding hydrogens is 251 g/mol. The number of piperidine rings is 1. The molecule has 0 saturated carbocycles. The second kappa shape index (κ2) is 4.79. The molecule has 1 unspecified atom stereocenters. The van der Waals surface area contributed by atoms with Gasteiger partial charge >= 0.3 is 0 Å². The lowest BCUT2D eigenvalue weighted by atomic mass is 10.1. The van der Waals surface area contributed by atoms with Gasteiger partial charge in [0.2, 0.25) is 5.91 Å². The third kappa shape index (κ3) is 1.99. The molecule has 1 fully saturated rings. The Hall–Kier alpha value is -2.24. The van der Waals surface area contributed by atoms with Crippen molar-refractivity contribution in [2.24, 2.45) is 0 Å². The number of nitrogens with one attached hydrogen (secondary N) is 1. The van der Waals surface area contributed by atoms with Crippen LogP contribution in [0.15, 0.2) is 36.2 Å². The lowest BCUT2D eigenvalue weighted by Gasteiger charge is -2.29. The van der Waals surface area contributed by atoms with E-state index in [2.05, 4.69) is 18.5 Å². The van der Waals surface area contributed by atoms with Crippen molar-refractivity contribution < 1.29 is 18.8 Å². The van der Waals surface area contributed by atoms with Crippen molar-refractivity contribution in [3.63, 3.8) is 0 Å². The van der Waals surface area contributed by atoms with Gasteiger partial charge in [-0.05, 0) is 12.8 Å². The number of halogens is 1. The van der Waals surface area contributed by atoms with Crippen molar-refractivity contribution in [1.29, 1.82) is 0 Å². The largest absolute Gasteiger partial charge is 0.354 e. The second-order valence-electron chi connectivity index (χ2n) is 4.33. The van der Waals surface area contributed by atoms with Gasteiger partial charge in [-0.1, -0.05) is 19.2 Å². The Balaban J connectivity index is 2.39. The highest BCUT2D eigenvalue weighted by Gasteiger charge is 2.45. The summed E-state index contributed by atoms with van der Waals surface area (Å²) in [7, 11) is 0. The van der Waals surface area contributed by atoms with Gasteiger partial charge in [0.05, 0.1) is 11.1 Å². The van der Waals surface area contributed by atoms with Gasteiger partial charge in [-0.15, -0.1) is 0 Å². The maximum Gasteiger partial charge on any atom is 0.265 e. The normalized spacial score (nSPS) is 23.7. The van der Waals surface area contributed by atoms with E-state index in [9.17, 15) is 18.8 Å². The van der Waals surface area contributed by atoms with E-state index in [4.69, 9.17) is 0 Å². The van der Waals surface area contributed by atoms with E-state index in [0.29, 0.717) is 19.4 Å². The van der Waals surface area contributed by atoms with Crippen LogP contribution in [0.4, 0.5) is 4.39 Å². The quantitative estimate of drug-likeness (QED) is 0.759. The van der Waals surface area contributed by atoms with E-state index in [1.807, 2.05) is 0 Å². The first-order valence-electron chi connectivity index (χ1n) is 5.86. The third-order valence-corrected chi connectivity index (χ3v) is 3.19. The first-order valence-corrected chi connectivity index (χ1v) is 5.86. The molecule has 0 spiro atoms. The number of imide groups is 1. The van der Waals surface area contributed by atoms with Crippen LogP contribution in [0.5, 0.6) is 0 Å². The second-order valence-corrected chi connectivity index (χ2v) is 4.33. The highest BCUT2D eigenvalue weighted by atomic mass is 19.1. The Labute approximate surface area is 109 Å². The molecule has 1 N–H and O–H groups in total. The summed E-state index contributed by atoms with van der Waals surface area (Å²) in [6.07, 6.45) is 2.14. The van der Waals surface area contributed by atoms with E-state index in [1.165, 1.54) is 0 Å². The number of rotatable bonds is 3. The van der Waals surface area contributed by atoms with E-state index in [-0.39, 0.29) is 5.57 Å². The van der Waals surface area contributed by atoms with Gasteiger partial charge in [0, 0.05) is 6.54 Å². The number of nitrogens with zero attached hydrogens (tertiary/aromatic N) is 1. The topological polar surface area (TPSA) is 66.5 Å². The predicted molar refractivity (Wildman–Crippen MR) is 65.4 cm³/mol. The molecule has 19 heavy (non-hydrogen) atoms. The molecule has 0 aliphatic carbocycles. The van der Waals surface area contributed by atoms with Crippen LogP contribution in [-0.4, -0.2) is 35.2 Å². The highest BCUT2D eigenvalue weighted by molar-refractivity contribution is 6.23. The molecule has 0 aromatic rings. The zero-order chi connectivity index (χ0) is 14.2. The maximum atomic E-state index is 13.3. The molecule has 0 aromatic carbocycles. The smallest absolute Gasteiger partial charge is 0.265 e. The van der Waals surface area contributed by atoms with E-state index in [1.54, 1.807) is 0 Å². The monoisotopic (exact) mass is 264 g/mol. The average molecular weight is 264 g/mol. The highest BCUT2D eigenvalue weighted by Crippen LogP contribution is 2.30. The minimum atomic E-state index is -0.994. The number of hydrogen-bond donors (Lipinski definition) is 1. The van der Waals surface area contributed by atoms with Crippen LogP contribution in [0.2, 0.25) is 0 Å². The molecular formula is C13H13FN2O3. The van der Waals surface area contributed by atoms with Gasteiger partial charge in [0.25, 0.3) is 11.8 Å². The van der Waals surface area contributed by atoms with Crippen molar-refractivity contribution in [3.05, 3.63) is 36.2 Å².